The lowest BCUT2D eigenvalue weighted by Gasteiger charge is -2.03. The van der Waals surface area contributed by atoms with Gasteiger partial charge in [0.15, 0.2) is 11.5 Å². The molecular formula is C22H11BrN2O4S. The zero-order valence-electron chi connectivity index (χ0n) is 15.2. The molecule has 1 aliphatic rings. The highest BCUT2D eigenvalue weighted by atomic mass is 79.9. The van der Waals surface area contributed by atoms with Crippen molar-refractivity contribution in [1.82, 2.24) is 4.98 Å². The third-order valence-electron chi connectivity index (χ3n) is 4.56. The van der Waals surface area contributed by atoms with Crippen LogP contribution < -0.4 is 15.1 Å². The van der Waals surface area contributed by atoms with E-state index in [1.807, 2.05) is 18.2 Å². The molecule has 8 heteroatoms. The van der Waals surface area contributed by atoms with Crippen LogP contribution in [-0.2, 0) is 0 Å². The monoisotopic (exact) mass is 478 g/mol. The van der Waals surface area contributed by atoms with Crippen LogP contribution in [0.25, 0.3) is 33.9 Å². The molecular weight excluding hydrogens is 468 g/mol. The Bertz CT molecular complexity index is 1430. The van der Waals surface area contributed by atoms with Crippen molar-refractivity contribution >= 4 is 49.9 Å². The fraction of sp³-hybridized carbons (Fsp3) is 0.0455. The zero-order valence-corrected chi connectivity index (χ0v) is 17.6. The van der Waals surface area contributed by atoms with Crippen molar-refractivity contribution in [2.75, 3.05) is 6.79 Å². The number of thiazole rings is 1. The number of rotatable bonds is 3. The maximum absolute atomic E-state index is 12.4. The van der Waals surface area contributed by atoms with Crippen molar-refractivity contribution in [3.05, 3.63) is 73.3 Å². The molecule has 0 bridgehead atoms. The summed E-state index contributed by atoms with van der Waals surface area (Å²) in [6, 6.07) is 14.8. The van der Waals surface area contributed by atoms with E-state index >= 15 is 0 Å². The summed E-state index contributed by atoms with van der Waals surface area (Å²) in [7, 11) is 0. The normalized spacial score (nSPS) is 12.9. The molecule has 4 aromatic rings. The summed E-state index contributed by atoms with van der Waals surface area (Å²) < 4.78 is 16.9. The lowest BCUT2D eigenvalue weighted by molar-refractivity contribution is 0.174. The van der Waals surface area contributed by atoms with Gasteiger partial charge >= 0.3 is 5.63 Å². The van der Waals surface area contributed by atoms with Crippen LogP contribution in [0.5, 0.6) is 11.5 Å². The number of aromatic nitrogens is 1. The molecule has 6 nitrogen and oxygen atoms in total. The Balaban J connectivity index is 1.55. The number of halogens is 1. The van der Waals surface area contributed by atoms with Crippen LogP contribution in [0.2, 0.25) is 0 Å². The number of nitrogens with zero attached hydrogens (tertiary/aromatic N) is 2. The first kappa shape index (κ1) is 18.6. The number of hydrogen-bond acceptors (Lipinski definition) is 7. The largest absolute Gasteiger partial charge is 0.454 e. The van der Waals surface area contributed by atoms with Crippen LogP contribution in [0, 0.1) is 11.3 Å². The number of hydrogen-bond donors (Lipinski definition) is 0. The van der Waals surface area contributed by atoms with Gasteiger partial charge in [-0.1, -0.05) is 34.1 Å². The second kappa shape index (κ2) is 7.44. The van der Waals surface area contributed by atoms with Crippen molar-refractivity contribution in [1.29, 1.82) is 5.26 Å². The van der Waals surface area contributed by atoms with E-state index < -0.39 is 5.63 Å². The first-order valence-corrected chi connectivity index (χ1v) is 10.5. The number of ether oxygens (including phenoxy) is 2. The number of benzene rings is 2. The molecule has 5 rings (SSSR count). The Kier molecular flexibility index (Phi) is 4.62. The molecule has 1 aliphatic heterocycles. The Morgan fingerprint density at radius 3 is 2.83 bits per heavy atom. The third-order valence-corrected chi connectivity index (χ3v) is 6.13. The Hall–Kier alpha value is -3.41. The van der Waals surface area contributed by atoms with Crippen molar-refractivity contribution in [2.24, 2.45) is 0 Å². The van der Waals surface area contributed by atoms with Crippen LogP contribution in [0.3, 0.4) is 0 Å². The van der Waals surface area contributed by atoms with Gasteiger partial charge in [-0.05, 0) is 35.9 Å². The van der Waals surface area contributed by atoms with Gasteiger partial charge in [0.25, 0.3) is 0 Å². The lowest BCUT2D eigenvalue weighted by Crippen LogP contribution is -2.02. The molecule has 30 heavy (non-hydrogen) atoms. The molecule has 0 spiro atoms. The smallest absolute Gasteiger partial charge is 0.345 e. The van der Waals surface area contributed by atoms with Gasteiger partial charge in [-0.2, -0.15) is 5.26 Å². The number of fused-ring (bicyclic) bond motifs is 2. The van der Waals surface area contributed by atoms with Gasteiger partial charge in [0.05, 0.1) is 16.8 Å². The summed E-state index contributed by atoms with van der Waals surface area (Å²) in [4.78, 5) is 16.9. The standard InChI is InChI=1S/C22H11BrN2O4S/c23-16-8-20-19(27-11-28-20)7-13(16)5-14(9-24)21-25-17(10-30-21)15-6-12-3-1-2-4-18(12)29-22(15)26/h1-8,10H,11H2. The van der Waals surface area contributed by atoms with Crippen molar-refractivity contribution in [3.8, 4) is 28.8 Å². The van der Waals surface area contributed by atoms with E-state index in [1.165, 1.54) is 11.3 Å². The van der Waals surface area contributed by atoms with E-state index in [0.717, 1.165) is 15.4 Å². The van der Waals surface area contributed by atoms with E-state index in [2.05, 4.69) is 27.0 Å². The molecule has 2 aromatic heterocycles. The maximum atomic E-state index is 12.4. The van der Waals surface area contributed by atoms with Crippen molar-refractivity contribution in [3.63, 3.8) is 0 Å². The maximum Gasteiger partial charge on any atom is 0.345 e. The summed E-state index contributed by atoms with van der Waals surface area (Å²) in [6.07, 6.45) is 1.72. The molecule has 0 radical (unpaired) electrons. The Morgan fingerprint density at radius 2 is 2.00 bits per heavy atom. The van der Waals surface area contributed by atoms with Crippen molar-refractivity contribution in [2.45, 2.75) is 0 Å². The van der Waals surface area contributed by atoms with E-state index in [4.69, 9.17) is 13.9 Å². The molecule has 0 aliphatic carbocycles. The summed E-state index contributed by atoms with van der Waals surface area (Å²) in [5, 5.41) is 12.8. The molecule has 0 saturated carbocycles. The molecule has 0 atom stereocenters. The van der Waals surface area contributed by atoms with Crippen LogP contribution in [0.4, 0.5) is 0 Å². The van der Waals surface area contributed by atoms with E-state index in [0.29, 0.717) is 38.9 Å². The molecule has 0 N–H and O–H groups in total. The highest BCUT2D eigenvalue weighted by molar-refractivity contribution is 9.10. The summed E-state index contributed by atoms with van der Waals surface area (Å²) in [5.74, 6) is 1.27. The van der Waals surface area contributed by atoms with Gasteiger partial charge in [-0.15, -0.1) is 11.3 Å². The second-order valence-electron chi connectivity index (χ2n) is 6.42. The Morgan fingerprint density at radius 1 is 1.20 bits per heavy atom. The fourth-order valence-electron chi connectivity index (χ4n) is 3.10. The van der Waals surface area contributed by atoms with E-state index in [9.17, 15) is 10.1 Å². The van der Waals surface area contributed by atoms with Gasteiger partial charge in [-0.3, -0.25) is 0 Å². The fourth-order valence-corrected chi connectivity index (χ4v) is 4.32. The van der Waals surface area contributed by atoms with Crippen LogP contribution >= 0.6 is 27.3 Å². The van der Waals surface area contributed by atoms with Gasteiger partial charge in [0, 0.05) is 15.2 Å². The summed E-state index contributed by atoms with van der Waals surface area (Å²) >= 11 is 4.78. The minimum atomic E-state index is -0.466. The first-order chi connectivity index (χ1) is 14.6. The quantitative estimate of drug-likeness (QED) is 0.286. The van der Waals surface area contributed by atoms with Crippen molar-refractivity contribution < 1.29 is 13.9 Å². The van der Waals surface area contributed by atoms with Gasteiger partial charge < -0.3 is 13.9 Å². The average molecular weight is 479 g/mol. The SMILES string of the molecule is N#CC(=Cc1cc2c(cc1Br)OCO2)c1nc(-c2cc3ccccc3oc2=O)cs1. The first-order valence-electron chi connectivity index (χ1n) is 8.82. The number of nitriles is 1. The highest BCUT2D eigenvalue weighted by Gasteiger charge is 2.17. The highest BCUT2D eigenvalue weighted by Crippen LogP contribution is 2.38. The summed E-state index contributed by atoms with van der Waals surface area (Å²) in [5.41, 5.74) is 2.02. The average Bonchev–Trinajstić information content (AvgIpc) is 3.41. The van der Waals surface area contributed by atoms with Gasteiger partial charge in [0.2, 0.25) is 6.79 Å². The predicted octanol–water partition coefficient (Wildman–Crippen LogP) is 5.47. The molecule has 0 saturated heterocycles. The van der Waals surface area contributed by atoms with Crippen LogP contribution in [0.15, 0.2) is 61.5 Å². The number of para-hydroxylation sites is 1. The summed E-state index contributed by atoms with van der Waals surface area (Å²) in [6.45, 7) is 0.171. The molecule has 0 unspecified atom stereocenters. The van der Waals surface area contributed by atoms with Gasteiger partial charge in [0.1, 0.15) is 16.7 Å². The topological polar surface area (TPSA) is 85.3 Å². The Labute approximate surface area is 182 Å². The molecule has 0 amide bonds. The molecule has 2 aromatic carbocycles. The molecule has 3 heterocycles. The second-order valence-corrected chi connectivity index (χ2v) is 8.13. The third kappa shape index (κ3) is 3.28. The van der Waals surface area contributed by atoms with Gasteiger partial charge in [-0.25, -0.2) is 9.78 Å². The minimum Gasteiger partial charge on any atom is -0.454 e. The van der Waals surface area contributed by atoms with E-state index in [-0.39, 0.29) is 6.79 Å². The number of allylic oxidation sites excluding steroid dienone is 1. The van der Waals surface area contributed by atoms with Crippen LogP contribution in [0.1, 0.15) is 10.6 Å². The molecule has 146 valence electrons. The lowest BCUT2D eigenvalue weighted by atomic mass is 10.1. The predicted molar refractivity (Wildman–Crippen MR) is 117 cm³/mol. The molecule has 0 fully saturated rings. The zero-order chi connectivity index (χ0) is 20.7. The minimum absolute atomic E-state index is 0.171. The van der Waals surface area contributed by atoms with E-state index in [1.54, 1.807) is 35.7 Å². The van der Waals surface area contributed by atoms with Crippen LogP contribution in [-0.4, -0.2) is 11.8 Å².